The smallest absolute Gasteiger partial charge is 0.239 e. The average Bonchev–Trinajstić information content (AvgIpc) is 2.84. The third-order valence-corrected chi connectivity index (χ3v) is 3.26. The van der Waals surface area contributed by atoms with Crippen molar-refractivity contribution in [3.05, 3.63) is 40.9 Å². The van der Waals surface area contributed by atoms with Crippen LogP contribution in [0, 0.1) is 0 Å². The monoisotopic (exact) mass is 284 g/mol. The molecule has 0 aliphatic heterocycles. The fourth-order valence-corrected chi connectivity index (χ4v) is 2.24. The van der Waals surface area contributed by atoms with Crippen LogP contribution in [0.25, 0.3) is 10.6 Å². The van der Waals surface area contributed by atoms with Gasteiger partial charge in [0.05, 0.1) is 17.8 Å². The van der Waals surface area contributed by atoms with Gasteiger partial charge in [-0.25, -0.2) is 9.78 Å². The van der Waals surface area contributed by atoms with E-state index in [1.165, 1.54) is 29.5 Å². The van der Waals surface area contributed by atoms with Crippen molar-refractivity contribution >= 4 is 17.4 Å². The van der Waals surface area contributed by atoms with Gasteiger partial charge in [-0.1, -0.05) is 12.1 Å². The zero-order valence-corrected chi connectivity index (χ0v) is 10.3. The fourth-order valence-electron chi connectivity index (χ4n) is 1.43. The van der Waals surface area contributed by atoms with Crippen LogP contribution in [0.2, 0.25) is 0 Å². The summed E-state index contributed by atoms with van der Waals surface area (Å²) in [6.45, 7) is 0.126. The van der Waals surface area contributed by atoms with E-state index in [9.17, 15) is 18.0 Å². The first kappa shape index (κ1) is 13.5. The molecule has 0 unspecified atom stereocenters. The molecule has 0 radical (unpaired) electrons. The Morgan fingerprint density at radius 2 is 1.95 bits per heavy atom. The fraction of sp³-hybridized carbons (Fsp3) is 0.167. The summed E-state index contributed by atoms with van der Waals surface area (Å²) in [5.41, 5.74) is 0.487. The SMILES string of the molecule is O=C=NCc1csc(-c2ccc(C(F)(F)F)cc2)n1. The Morgan fingerprint density at radius 3 is 2.53 bits per heavy atom. The summed E-state index contributed by atoms with van der Waals surface area (Å²) in [5, 5.41) is 2.29. The molecule has 3 nitrogen and oxygen atoms in total. The van der Waals surface area contributed by atoms with E-state index < -0.39 is 11.7 Å². The molecule has 0 fully saturated rings. The largest absolute Gasteiger partial charge is 0.416 e. The van der Waals surface area contributed by atoms with Gasteiger partial charge in [0.1, 0.15) is 5.01 Å². The highest BCUT2D eigenvalue weighted by atomic mass is 32.1. The molecule has 0 bridgehead atoms. The van der Waals surface area contributed by atoms with Gasteiger partial charge in [-0.2, -0.15) is 18.2 Å². The number of thiazole rings is 1. The summed E-state index contributed by atoms with van der Waals surface area (Å²) in [4.78, 5) is 17.5. The Bertz CT molecular complexity index is 613. The van der Waals surface area contributed by atoms with Gasteiger partial charge >= 0.3 is 6.18 Å². The third-order valence-electron chi connectivity index (χ3n) is 2.32. The summed E-state index contributed by atoms with van der Waals surface area (Å²) in [5.74, 6) is 0. The second-order valence-electron chi connectivity index (χ2n) is 3.63. The molecule has 98 valence electrons. The molecular weight excluding hydrogens is 277 g/mol. The second-order valence-corrected chi connectivity index (χ2v) is 4.48. The highest BCUT2D eigenvalue weighted by Gasteiger charge is 2.30. The minimum absolute atomic E-state index is 0.126. The highest BCUT2D eigenvalue weighted by molar-refractivity contribution is 7.13. The third kappa shape index (κ3) is 3.27. The van der Waals surface area contributed by atoms with Crippen molar-refractivity contribution in [3.8, 4) is 10.6 Å². The Hall–Kier alpha value is -1.98. The van der Waals surface area contributed by atoms with E-state index in [0.29, 0.717) is 16.3 Å². The maximum atomic E-state index is 12.4. The number of hydrogen-bond acceptors (Lipinski definition) is 4. The number of halogens is 3. The number of benzene rings is 1. The Balaban J connectivity index is 2.22. The molecule has 0 amide bonds. The van der Waals surface area contributed by atoms with Crippen LogP contribution in [0.5, 0.6) is 0 Å². The molecule has 0 saturated heterocycles. The van der Waals surface area contributed by atoms with Gasteiger partial charge < -0.3 is 0 Å². The van der Waals surface area contributed by atoms with E-state index in [0.717, 1.165) is 12.1 Å². The second kappa shape index (κ2) is 5.34. The van der Waals surface area contributed by atoms with Crippen LogP contribution in [0.1, 0.15) is 11.3 Å². The van der Waals surface area contributed by atoms with Gasteiger partial charge in [0.25, 0.3) is 0 Å². The van der Waals surface area contributed by atoms with Gasteiger partial charge in [-0.15, -0.1) is 11.3 Å². The lowest BCUT2D eigenvalue weighted by molar-refractivity contribution is -0.137. The first-order valence-corrected chi connectivity index (χ1v) is 6.04. The van der Waals surface area contributed by atoms with E-state index in [1.54, 1.807) is 5.38 Å². The summed E-state index contributed by atoms with van der Waals surface area (Å²) >= 11 is 1.28. The highest BCUT2D eigenvalue weighted by Crippen LogP contribution is 2.31. The van der Waals surface area contributed by atoms with Gasteiger partial charge in [0.15, 0.2) is 0 Å². The molecule has 7 heteroatoms. The maximum absolute atomic E-state index is 12.4. The van der Waals surface area contributed by atoms with Crippen molar-refractivity contribution < 1.29 is 18.0 Å². The van der Waals surface area contributed by atoms with Crippen LogP contribution in [-0.4, -0.2) is 11.1 Å². The first-order chi connectivity index (χ1) is 9.00. The molecule has 1 aromatic carbocycles. The quantitative estimate of drug-likeness (QED) is 0.637. The number of isocyanates is 1. The van der Waals surface area contributed by atoms with Gasteiger partial charge in [-0.05, 0) is 12.1 Å². The van der Waals surface area contributed by atoms with Gasteiger partial charge in [0.2, 0.25) is 6.08 Å². The predicted molar refractivity (Wildman–Crippen MR) is 64.4 cm³/mol. The molecule has 0 spiro atoms. The topological polar surface area (TPSA) is 42.3 Å². The number of aromatic nitrogens is 1. The zero-order valence-electron chi connectivity index (χ0n) is 9.44. The molecule has 19 heavy (non-hydrogen) atoms. The minimum atomic E-state index is -4.34. The molecule has 0 atom stereocenters. The van der Waals surface area contributed by atoms with Crippen molar-refractivity contribution in [1.29, 1.82) is 0 Å². The summed E-state index contributed by atoms with van der Waals surface area (Å²) < 4.78 is 37.2. The molecule has 1 heterocycles. The lowest BCUT2D eigenvalue weighted by atomic mass is 10.1. The minimum Gasteiger partial charge on any atom is -0.239 e. The Kier molecular flexibility index (Phi) is 3.78. The zero-order chi connectivity index (χ0) is 13.9. The van der Waals surface area contributed by atoms with Crippen LogP contribution in [0.15, 0.2) is 34.6 Å². The van der Waals surface area contributed by atoms with Crippen molar-refractivity contribution in [2.24, 2.45) is 4.99 Å². The van der Waals surface area contributed by atoms with Crippen molar-refractivity contribution in [3.63, 3.8) is 0 Å². The number of hydrogen-bond donors (Lipinski definition) is 0. The van der Waals surface area contributed by atoms with Crippen LogP contribution < -0.4 is 0 Å². The molecule has 0 saturated carbocycles. The van der Waals surface area contributed by atoms with Gasteiger partial charge in [-0.3, -0.25) is 0 Å². The van der Waals surface area contributed by atoms with E-state index in [4.69, 9.17) is 0 Å². The number of nitrogens with zero attached hydrogens (tertiary/aromatic N) is 2. The number of aliphatic imine (C=N–C) groups is 1. The van der Waals surface area contributed by atoms with Crippen LogP contribution in [0.3, 0.4) is 0 Å². The molecule has 1 aromatic heterocycles. The molecular formula is C12H7F3N2OS. The maximum Gasteiger partial charge on any atom is 0.416 e. The van der Waals surface area contributed by atoms with E-state index >= 15 is 0 Å². The van der Waals surface area contributed by atoms with Crippen LogP contribution in [0.4, 0.5) is 13.2 Å². The molecule has 2 rings (SSSR count). The lowest BCUT2D eigenvalue weighted by Gasteiger charge is -2.06. The van der Waals surface area contributed by atoms with Gasteiger partial charge in [0, 0.05) is 10.9 Å². The lowest BCUT2D eigenvalue weighted by Crippen LogP contribution is -2.03. The number of carbonyl (C=O) groups excluding carboxylic acids is 1. The standard InChI is InChI=1S/C12H7F3N2OS/c13-12(14,15)9-3-1-8(2-4-9)11-17-10(6-19-11)5-16-7-18/h1-4,6H,5H2. The summed E-state index contributed by atoms with van der Waals surface area (Å²) in [7, 11) is 0. The van der Waals surface area contributed by atoms with E-state index in [2.05, 4.69) is 9.98 Å². The average molecular weight is 284 g/mol. The van der Waals surface area contributed by atoms with Crippen LogP contribution in [-0.2, 0) is 17.5 Å². The van der Waals surface area contributed by atoms with Crippen molar-refractivity contribution in [2.45, 2.75) is 12.7 Å². The first-order valence-electron chi connectivity index (χ1n) is 5.16. The van der Waals surface area contributed by atoms with E-state index in [1.807, 2.05) is 0 Å². The number of alkyl halides is 3. The van der Waals surface area contributed by atoms with E-state index in [-0.39, 0.29) is 6.54 Å². The van der Waals surface area contributed by atoms with Crippen molar-refractivity contribution in [1.82, 2.24) is 4.98 Å². The Morgan fingerprint density at radius 1 is 1.26 bits per heavy atom. The van der Waals surface area contributed by atoms with Crippen LogP contribution >= 0.6 is 11.3 Å². The summed E-state index contributed by atoms with van der Waals surface area (Å²) in [6.07, 6.45) is -2.94. The normalized spacial score (nSPS) is 11.1. The molecule has 0 N–H and O–H groups in total. The number of rotatable bonds is 3. The summed E-state index contributed by atoms with van der Waals surface area (Å²) in [6, 6.07) is 4.77. The molecule has 2 aromatic rings. The predicted octanol–water partition coefficient (Wildman–Crippen LogP) is 3.66. The van der Waals surface area contributed by atoms with Crippen molar-refractivity contribution in [2.75, 3.05) is 0 Å². The Labute approximate surface area is 110 Å². The molecule has 0 aliphatic carbocycles. The molecule has 0 aliphatic rings.